The van der Waals surface area contributed by atoms with E-state index in [1.165, 1.54) is 5.39 Å². The molecule has 3 heterocycles. The van der Waals surface area contributed by atoms with E-state index in [0.717, 1.165) is 72.3 Å². The molecule has 0 aliphatic rings. The van der Waals surface area contributed by atoms with E-state index in [-0.39, 0.29) is 0 Å². The standard InChI is InChI=1S/C42H26N4/c43-27-28-7-5-8-33(21-28)37-10-6-9-34-22-31(17-18-38(34)37)30-15-13-29-14-16-32(24-35(29)23-30)36-25-41(39-11-1-3-19-44-39)46-42(26-36)40-12-2-4-20-45-40/h1-26H. The van der Waals surface area contributed by atoms with Crippen LogP contribution >= 0.6 is 0 Å². The van der Waals surface area contributed by atoms with Crippen LogP contribution in [0.1, 0.15) is 5.56 Å². The van der Waals surface area contributed by atoms with Gasteiger partial charge < -0.3 is 0 Å². The van der Waals surface area contributed by atoms with Crippen LogP contribution in [0.15, 0.2) is 158 Å². The molecule has 0 aliphatic carbocycles. The van der Waals surface area contributed by atoms with E-state index >= 15 is 0 Å². The van der Waals surface area contributed by atoms with Crippen molar-refractivity contribution in [2.45, 2.75) is 0 Å². The Morgan fingerprint density at radius 1 is 0.413 bits per heavy atom. The number of hydrogen-bond acceptors (Lipinski definition) is 4. The molecule has 46 heavy (non-hydrogen) atoms. The average molecular weight is 587 g/mol. The van der Waals surface area contributed by atoms with E-state index in [9.17, 15) is 5.26 Å². The normalized spacial score (nSPS) is 11.0. The lowest BCUT2D eigenvalue weighted by molar-refractivity contribution is 1.22. The zero-order chi connectivity index (χ0) is 30.9. The van der Waals surface area contributed by atoms with Crippen molar-refractivity contribution in [2.75, 3.05) is 0 Å². The Balaban J connectivity index is 1.20. The van der Waals surface area contributed by atoms with Crippen LogP contribution in [-0.4, -0.2) is 15.0 Å². The minimum atomic E-state index is 0.661. The number of benzene rings is 5. The summed E-state index contributed by atoms with van der Waals surface area (Å²) in [4.78, 5) is 14.1. The fraction of sp³-hybridized carbons (Fsp3) is 0. The maximum atomic E-state index is 9.40. The first-order chi connectivity index (χ1) is 22.7. The van der Waals surface area contributed by atoms with Gasteiger partial charge in [0.15, 0.2) is 0 Å². The summed E-state index contributed by atoms with van der Waals surface area (Å²) in [6.45, 7) is 0. The van der Waals surface area contributed by atoms with Gasteiger partial charge in [-0.25, -0.2) is 4.98 Å². The van der Waals surface area contributed by atoms with Crippen LogP contribution in [-0.2, 0) is 0 Å². The molecule has 4 heteroatoms. The molecule has 0 bridgehead atoms. The van der Waals surface area contributed by atoms with Crippen molar-refractivity contribution in [1.82, 2.24) is 15.0 Å². The molecule has 4 nitrogen and oxygen atoms in total. The number of fused-ring (bicyclic) bond motifs is 2. The second-order valence-electron chi connectivity index (χ2n) is 11.3. The van der Waals surface area contributed by atoms with E-state index in [1.807, 2.05) is 54.6 Å². The Kier molecular flexibility index (Phi) is 6.83. The van der Waals surface area contributed by atoms with Gasteiger partial charge in [-0.1, -0.05) is 78.9 Å². The van der Waals surface area contributed by atoms with Gasteiger partial charge in [0.25, 0.3) is 0 Å². The predicted octanol–water partition coefficient (Wildman–Crippen LogP) is 10.4. The quantitative estimate of drug-likeness (QED) is 0.201. The fourth-order valence-corrected chi connectivity index (χ4v) is 6.07. The van der Waals surface area contributed by atoms with Gasteiger partial charge in [-0.2, -0.15) is 5.26 Å². The van der Waals surface area contributed by atoms with E-state index in [2.05, 4.69) is 107 Å². The Hall–Kier alpha value is -6.44. The van der Waals surface area contributed by atoms with Crippen molar-refractivity contribution in [1.29, 1.82) is 5.26 Å². The van der Waals surface area contributed by atoms with Crippen LogP contribution in [0.4, 0.5) is 0 Å². The van der Waals surface area contributed by atoms with E-state index in [4.69, 9.17) is 4.98 Å². The molecule has 0 unspecified atom stereocenters. The first-order valence-corrected chi connectivity index (χ1v) is 15.1. The highest BCUT2D eigenvalue weighted by Gasteiger charge is 2.12. The minimum Gasteiger partial charge on any atom is -0.255 e. The Bertz CT molecular complexity index is 2370. The summed E-state index contributed by atoms with van der Waals surface area (Å²) in [6, 6.07) is 52.2. The zero-order valence-corrected chi connectivity index (χ0v) is 24.8. The van der Waals surface area contributed by atoms with E-state index in [0.29, 0.717) is 5.56 Å². The van der Waals surface area contributed by atoms with Gasteiger partial charge in [0.2, 0.25) is 0 Å². The van der Waals surface area contributed by atoms with Gasteiger partial charge in [0, 0.05) is 12.4 Å². The van der Waals surface area contributed by atoms with Crippen LogP contribution < -0.4 is 0 Å². The van der Waals surface area contributed by atoms with Crippen LogP contribution in [0.3, 0.4) is 0 Å². The highest BCUT2D eigenvalue weighted by molar-refractivity contribution is 5.99. The topological polar surface area (TPSA) is 62.5 Å². The first-order valence-electron chi connectivity index (χ1n) is 15.1. The molecule has 8 rings (SSSR count). The molecule has 8 aromatic rings. The third-order valence-corrected chi connectivity index (χ3v) is 8.37. The maximum Gasteiger partial charge on any atom is 0.0991 e. The molecule has 5 aromatic carbocycles. The third-order valence-electron chi connectivity index (χ3n) is 8.37. The second kappa shape index (κ2) is 11.6. The Labute approximate surface area is 266 Å². The molecule has 0 atom stereocenters. The molecule has 0 radical (unpaired) electrons. The number of rotatable bonds is 5. The lowest BCUT2D eigenvalue weighted by Crippen LogP contribution is -1.94. The summed E-state index contributed by atoms with van der Waals surface area (Å²) in [7, 11) is 0. The summed E-state index contributed by atoms with van der Waals surface area (Å²) in [6.07, 6.45) is 3.59. The molecule has 0 saturated carbocycles. The van der Waals surface area contributed by atoms with Gasteiger partial charge >= 0.3 is 0 Å². The molecule has 3 aromatic heterocycles. The monoisotopic (exact) mass is 586 g/mol. The first kappa shape index (κ1) is 27.1. The van der Waals surface area contributed by atoms with Crippen molar-refractivity contribution in [2.24, 2.45) is 0 Å². The largest absolute Gasteiger partial charge is 0.255 e. The second-order valence-corrected chi connectivity index (χ2v) is 11.3. The summed E-state index contributed by atoms with van der Waals surface area (Å²) < 4.78 is 0. The van der Waals surface area contributed by atoms with Gasteiger partial charge in [-0.3, -0.25) is 9.97 Å². The third kappa shape index (κ3) is 5.17. The van der Waals surface area contributed by atoms with Crippen LogP contribution in [0.5, 0.6) is 0 Å². The van der Waals surface area contributed by atoms with Crippen LogP contribution in [0, 0.1) is 11.3 Å². The molecular weight excluding hydrogens is 560 g/mol. The fourth-order valence-electron chi connectivity index (χ4n) is 6.07. The summed E-state index contributed by atoms with van der Waals surface area (Å²) in [5.74, 6) is 0. The van der Waals surface area contributed by atoms with Crippen LogP contribution in [0.2, 0.25) is 0 Å². The lowest BCUT2D eigenvalue weighted by atomic mass is 9.93. The van der Waals surface area contributed by atoms with Crippen molar-refractivity contribution in [3.05, 3.63) is 164 Å². The molecular formula is C42H26N4. The SMILES string of the molecule is N#Cc1cccc(-c2cccc3cc(-c4ccc5ccc(-c6cc(-c7ccccn7)nc(-c7ccccn7)c6)cc5c4)ccc23)c1. The molecule has 214 valence electrons. The van der Waals surface area contributed by atoms with Crippen molar-refractivity contribution in [3.8, 4) is 62.2 Å². The van der Waals surface area contributed by atoms with Gasteiger partial charge in [-0.15, -0.1) is 0 Å². The zero-order valence-electron chi connectivity index (χ0n) is 24.8. The number of pyridine rings is 3. The summed E-state index contributed by atoms with van der Waals surface area (Å²) >= 11 is 0. The van der Waals surface area contributed by atoms with Crippen molar-refractivity contribution < 1.29 is 0 Å². The van der Waals surface area contributed by atoms with E-state index < -0.39 is 0 Å². The summed E-state index contributed by atoms with van der Waals surface area (Å²) in [5.41, 5.74) is 10.6. The van der Waals surface area contributed by atoms with Crippen molar-refractivity contribution in [3.63, 3.8) is 0 Å². The maximum absolute atomic E-state index is 9.40. The summed E-state index contributed by atoms with van der Waals surface area (Å²) in [5, 5.41) is 14.1. The molecule has 0 saturated heterocycles. The van der Waals surface area contributed by atoms with Gasteiger partial charge in [0.1, 0.15) is 0 Å². The van der Waals surface area contributed by atoms with Crippen molar-refractivity contribution >= 4 is 21.5 Å². The number of nitriles is 1. The molecule has 0 aliphatic heterocycles. The molecule has 0 spiro atoms. The van der Waals surface area contributed by atoms with Crippen LogP contribution in [0.25, 0.3) is 77.7 Å². The van der Waals surface area contributed by atoms with E-state index in [1.54, 1.807) is 12.4 Å². The predicted molar refractivity (Wildman–Crippen MR) is 187 cm³/mol. The van der Waals surface area contributed by atoms with Gasteiger partial charge in [-0.05, 0) is 122 Å². The minimum absolute atomic E-state index is 0.661. The Morgan fingerprint density at radius 2 is 1.04 bits per heavy atom. The molecule has 0 N–H and O–H groups in total. The number of hydrogen-bond donors (Lipinski definition) is 0. The smallest absolute Gasteiger partial charge is 0.0991 e. The van der Waals surface area contributed by atoms with Gasteiger partial charge in [0.05, 0.1) is 34.4 Å². The average Bonchev–Trinajstić information content (AvgIpc) is 3.14. The Morgan fingerprint density at radius 3 is 1.70 bits per heavy atom. The highest BCUT2D eigenvalue weighted by atomic mass is 14.8. The molecule has 0 amide bonds. The number of nitrogens with zero attached hydrogens (tertiary/aromatic N) is 4. The highest BCUT2D eigenvalue weighted by Crippen LogP contribution is 2.35. The number of aromatic nitrogens is 3. The lowest BCUT2D eigenvalue weighted by Gasteiger charge is -2.12. The molecule has 0 fully saturated rings.